The molecule has 8 nitrogen and oxygen atoms in total. The molecule has 1 amide bonds. The fourth-order valence-electron chi connectivity index (χ4n) is 5.05. The number of thiophene rings is 1. The summed E-state index contributed by atoms with van der Waals surface area (Å²) in [4.78, 5) is 25.3. The van der Waals surface area contributed by atoms with Gasteiger partial charge in [0, 0.05) is 51.1 Å². The Bertz CT molecular complexity index is 1240. The number of piperazine rings is 1. The maximum absolute atomic E-state index is 11.8. The van der Waals surface area contributed by atoms with E-state index in [9.17, 15) is 4.79 Å². The second-order valence-corrected chi connectivity index (χ2v) is 10.1. The van der Waals surface area contributed by atoms with Crippen LogP contribution in [-0.4, -0.2) is 71.6 Å². The number of rotatable bonds is 6. The average molecular weight is 481 g/mol. The van der Waals surface area contributed by atoms with Gasteiger partial charge >= 0.3 is 0 Å². The third-order valence-electron chi connectivity index (χ3n) is 6.99. The fourth-order valence-corrected chi connectivity index (χ4v) is 6.26. The lowest BCUT2D eigenvalue weighted by Gasteiger charge is -2.36. The van der Waals surface area contributed by atoms with Crippen molar-refractivity contribution in [3.05, 3.63) is 46.5 Å². The number of nitrogens with one attached hydrogen (secondary N) is 1. The highest BCUT2D eigenvalue weighted by molar-refractivity contribution is 7.18. The molecule has 0 saturated carbocycles. The van der Waals surface area contributed by atoms with Crippen molar-refractivity contribution in [2.24, 2.45) is 0 Å². The summed E-state index contributed by atoms with van der Waals surface area (Å²) in [6.45, 7) is 8.83. The number of para-hydroxylation sites is 2. The molecular formula is C25H32N6O2S. The standard InChI is InChI=1S/C25H32N6O2S/c1-18(32)30-11-8-19-22(16-30)34-25-23(19)24(26)31(17-27-25)10-5-9-28-12-14-29(15-13-28)20-6-3-4-7-21(20)33-2/h3-4,6-7,17,26H,5,8-16H2,1-2H3. The van der Waals surface area contributed by atoms with E-state index in [-0.39, 0.29) is 5.91 Å². The Morgan fingerprint density at radius 3 is 2.71 bits per heavy atom. The van der Waals surface area contributed by atoms with E-state index < -0.39 is 0 Å². The molecule has 5 rings (SSSR count). The van der Waals surface area contributed by atoms with E-state index in [1.807, 2.05) is 27.9 Å². The highest BCUT2D eigenvalue weighted by atomic mass is 32.1. The highest BCUT2D eigenvalue weighted by Gasteiger charge is 2.24. The van der Waals surface area contributed by atoms with Gasteiger partial charge in [0.1, 0.15) is 16.1 Å². The molecule has 2 aromatic heterocycles. The lowest BCUT2D eigenvalue weighted by Crippen LogP contribution is -2.46. The number of nitrogens with zero attached hydrogens (tertiary/aromatic N) is 5. The molecule has 34 heavy (non-hydrogen) atoms. The average Bonchev–Trinajstić information content (AvgIpc) is 3.24. The number of anilines is 1. The van der Waals surface area contributed by atoms with Crippen LogP contribution in [0.2, 0.25) is 0 Å². The number of aryl methyl sites for hydroxylation is 1. The van der Waals surface area contributed by atoms with Crippen molar-refractivity contribution in [1.29, 1.82) is 5.41 Å². The van der Waals surface area contributed by atoms with Crippen molar-refractivity contribution >= 4 is 33.1 Å². The summed E-state index contributed by atoms with van der Waals surface area (Å²) in [5, 5.41) is 9.81. The molecule has 1 N–H and O–H groups in total. The normalized spacial score (nSPS) is 16.6. The molecule has 0 unspecified atom stereocenters. The Labute approximate surface area is 203 Å². The van der Waals surface area contributed by atoms with Crippen LogP contribution in [0.3, 0.4) is 0 Å². The van der Waals surface area contributed by atoms with Gasteiger partial charge in [-0.15, -0.1) is 11.3 Å². The van der Waals surface area contributed by atoms with Crippen LogP contribution >= 0.6 is 11.3 Å². The van der Waals surface area contributed by atoms with Crippen molar-refractivity contribution in [2.75, 3.05) is 51.3 Å². The molecular weight excluding hydrogens is 448 g/mol. The third kappa shape index (κ3) is 4.42. The first kappa shape index (κ1) is 22.9. The summed E-state index contributed by atoms with van der Waals surface area (Å²) in [5.74, 6) is 1.05. The quantitative estimate of drug-likeness (QED) is 0.587. The SMILES string of the molecule is COc1ccccc1N1CCN(CCCn2cnc3sc4c(c3c2=N)CCN(C(C)=O)C4)CC1. The minimum absolute atomic E-state index is 0.112. The first-order valence-corrected chi connectivity index (χ1v) is 12.8. The molecule has 4 heterocycles. The van der Waals surface area contributed by atoms with Crippen LogP contribution in [0.25, 0.3) is 10.2 Å². The molecule has 1 fully saturated rings. The highest BCUT2D eigenvalue weighted by Crippen LogP contribution is 2.32. The maximum Gasteiger partial charge on any atom is 0.219 e. The number of fused-ring (bicyclic) bond motifs is 3. The second-order valence-electron chi connectivity index (χ2n) is 9.02. The van der Waals surface area contributed by atoms with Crippen LogP contribution < -0.4 is 15.1 Å². The van der Waals surface area contributed by atoms with Crippen molar-refractivity contribution in [2.45, 2.75) is 32.9 Å². The minimum Gasteiger partial charge on any atom is -0.495 e. The molecule has 0 spiro atoms. The Kier molecular flexibility index (Phi) is 6.56. The number of carbonyl (C=O) groups is 1. The van der Waals surface area contributed by atoms with Gasteiger partial charge in [0.2, 0.25) is 5.91 Å². The van der Waals surface area contributed by atoms with Gasteiger partial charge < -0.3 is 19.1 Å². The van der Waals surface area contributed by atoms with Gasteiger partial charge in [-0.1, -0.05) is 12.1 Å². The second kappa shape index (κ2) is 9.76. The van der Waals surface area contributed by atoms with E-state index >= 15 is 0 Å². The summed E-state index contributed by atoms with van der Waals surface area (Å²) in [6.07, 6.45) is 3.61. The van der Waals surface area contributed by atoms with Crippen LogP contribution in [0.15, 0.2) is 30.6 Å². The topological polar surface area (TPSA) is 77.7 Å². The number of benzene rings is 1. The fraction of sp³-hybridized carbons (Fsp3) is 0.480. The molecule has 0 atom stereocenters. The smallest absolute Gasteiger partial charge is 0.219 e. The van der Waals surface area contributed by atoms with E-state index in [0.29, 0.717) is 12.0 Å². The number of aromatic nitrogens is 2. The zero-order valence-corrected chi connectivity index (χ0v) is 20.7. The van der Waals surface area contributed by atoms with E-state index in [0.717, 1.165) is 74.6 Å². The van der Waals surface area contributed by atoms with Crippen molar-refractivity contribution in [3.8, 4) is 5.75 Å². The zero-order chi connectivity index (χ0) is 23.7. The number of hydrogen-bond donors (Lipinski definition) is 1. The van der Waals surface area contributed by atoms with Gasteiger partial charge in [-0.25, -0.2) is 4.98 Å². The molecule has 1 saturated heterocycles. The van der Waals surface area contributed by atoms with Gasteiger partial charge in [0.25, 0.3) is 0 Å². The summed E-state index contributed by atoms with van der Waals surface area (Å²) in [6, 6.07) is 8.22. The molecule has 0 radical (unpaired) electrons. The first-order chi connectivity index (χ1) is 16.5. The number of ether oxygens (including phenoxy) is 1. The molecule has 2 aliphatic rings. The number of methoxy groups -OCH3 is 1. The van der Waals surface area contributed by atoms with Crippen LogP contribution in [-0.2, 0) is 24.3 Å². The van der Waals surface area contributed by atoms with Crippen LogP contribution in [0.5, 0.6) is 5.75 Å². The van der Waals surface area contributed by atoms with E-state index in [1.165, 1.54) is 16.1 Å². The summed E-state index contributed by atoms with van der Waals surface area (Å²) >= 11 is 1.63. The lowest BCUT2D eigenvalue weighted by molar-refractivity contribution is -0.129. The van der Waals surface area contributed by atoms with Gasteiger partial charge in [-0.3, -0.25) is 15.1 Å². The molecule has 0 bridgehead atoms. The Morgan fingerprint density at radius 2 is 1.94 bits per heavy atom. The molecule has 3 aromatic rings. The Hall–Kier alpha value is -2.91. The lowest BCUT2D eigenvalue weighted by atomic mass is 10.1. The molecule has 9 heteroatoms. The zero-order valence-electron chi connectivity index (χ0n) is 19.9. The van der Waals surface area contributed by atoms with E-state index in [2.05, 4.69) is 26.9 Å². The van der Waals surface area contributed by atoms with Gasteiger partial charge in [-0.2, -0.15) is 0 Å². The van der Waals surface area contributed by atoms with Crippen molar-refractivity contribution < 1.29 is 9.53 Å². The number of hydrogen-bond acceptors (Lipinski definition) is 7. The Balaban J connectivity index is 1.19. The third-order valence-corrected chi connectivity index (χ3v) is 8.12. The summed E-state index contributed by atoms with van der Waals surface area (Å²) in [7, 11) is 1.73. The molecule has 1 aromatic carbocycles. The van der Waals surface area contributed by atoms with E-state index in [4.69, 9.17) is 10.1 Å². The van der Waals surface area contributed by atoms with Crippen LogP contribution in [0, 0.1) is 5.41 Å². The van der Waals surface area contributed by atoms with Gasteiger partial charge in [-0.05, 0) is 37.1 Å². The first-order valence-electron chi connectivity index (χ1n) is 11.9. The van der Waals surface area contributed by atoms with Gasteiger partial charge in [0.15, 0.2) is 0 Å². The van der Waals surface area contributed by atoms with E-state index in [1.54, 1.807) is 25.4 Å². The van der Waals surface area contributed by atoms with Crippen molar-refractivity contribution in [1.82, 2.24) is 19.4 Å². The number of amides is 1. The summed E-state index contributed by atoms with van der Waals surface area (Å²) < 4.78 is 7.51. The molecule has 0 aliphatic carbocycles. The van der Waals surface area contributed by atoms with Gasteiger partial charge in [0.05, 0.1) is 31.1 Å². The molecule has 180 valence electrons. The monoisotopic (exact) mass is 480 g/mol. The Morgan fingerprint density at radius 1 is 1.15 bits per heavy atom. The van der Waals surface area contributed by atoms with Crippen molar-refractivity contribution in [3.63, 3.8) is 0 Å². The van der Waals surface area contributed by atoms with Crippen LogP contribution in [0.1, 0.15) is 23.8 Å². The maximum atomic E-state index is 11.8. The van der Waals surface area contributed by atoms with Crippen LogP contribution in [0.4, 0.5) is 5.69 Å². The predicted octanol–water partition coefficient (Wildman–Crippen LogP) is 2.70. The number of carbonyl (C=O) groups excluding carboxylic acids is 1. The predicted molar refractivity (Wildman–Crippen MR) is 135 cm³/mol. The molecule has 2 aliphatic heterocycles. The summed E-state index contributed by atoms with van der Waals surface area (Å²) in [5.41, 5.74) is 2.94. The minimum atomic E-state index is 0.112. The largest absolute Gasteiger partial charge is 0.495 e.